The first-order valence-corrected chi connectivity index (χ1v) is 8.24. The van der Waals surface area contributed by atoms with Crippen molar-refractivity contribution in [1.82, 2.24) is 0 Å². The van der Waals surface area contributed by atoms with Gasteiger partial charge in [-0.1, -0.05) is 52.2 Å². The second kappa shape index (κ2) is 6.00. The van der Waals surface area contributed by atoms with Crippen molar-refractivity contribution in [3.63, 3.8) is 0 Å². The van der Waals surface area contributed by atoms with Gasteiger partial charge in [0.2, 0.25) is 0 Å². The van der Waals surface area contributed by atoms with E-state index >= 15 is 0 Å². The molecule has 2 rings (SSSR count). The molecular formula is C19H31NO. The summed E-state index contributed by atoms with van der Waals surface area (Å²) in [6, 6.07) is 4.48. The quantitative estimate of drug-likeness (QED) is 0.891. The molecule has 2 nitrogen and oxygen atoms in total. The van der Waals surface area contributed by atoms with Gasteiger partial charge in [-0.3, -0.25) is 0 Å². The van der Waals surface area contributed by atoms with Crippen LogP contribution >= 0.6 is 0 Å². The summed E-state index contributed by atoms with van der Waals surface area (Å²) in [5.41, 5.74) is 10.5. The van der Waals surface area contributed by atoms with Crippen LogP contribution in [0.15, 0.2) is 12.1 Å². The number of rotatable bonds is 3. The normalized spacial score (nSPS) is 18.6. The first kappa shape index (κ1) is 16.4. The Hall–Kier alpha value is -1.02. The van der Waals surface area contributed by atoms with Gasteiger partial charge in [-0.15, -0.1) is 0 Å². The van der Waals surface area contributed by atoms with Gasteiger partial charge in [0, 0.05) is 17.5 Å². The lowest BCUT2D eigenvalue weighted by atomic mass is 9.66. The minimum Gasteiger partial charge on any atom is -0.496 e. The highest BCUT2D eigenvalue weighted by Gasteiger charge is 2.38. The number of methoxy groups -OCH3 is 1. The second-order valence-electron chi connectivity index (χ2n) is 7.63. The third-order valence-corrected chi connectivity index (χ3v) is 5.11. The third kappa shape index (κ3) is 2.96. The summed E-state index contributed by atoms with van der Waals surface area (Å²) in [6.07, 6.45) is 6.27. The van der Waals surface area contributed by atoms with Crippen LogP contribution in [0.1, 0.15) is 69.6 Å². The minimum atomic E-state index is 0.0816. The van der Waals surface area contributed by atoms with Gasteiger partial charge in [0.15, 0.2) is 0 Å². The van der Waals surface area contributed by atoms with Crippen LogP contribution in [0.4, 0.5) is 0 Å². The van der Waals surface area contributed by atoms with E-state index in [9.17, 15) is 0 Å². The molecule has 1 saturated carbocycles. The Morgan fingerprint density at radius 2 is 1.76 bits per heavy atom. The summed E-state index contributed by atoms with van der Waals surface area (Å²) in [5, 5.41) is 0. The number of ether oxygens (including phenoxy) is 1. The minimum absolute atomic E-state index is 0.0816. The van der Waals surface area contributed by atoms with E-state index in [4.69, 9.17) is 10.5 Å². The van der Waals surface area contributed by atoms with Crippen LogP contribution in [0, 0.1) is 6.92 Å². The van der Waals surface area contributed by atoms with Crippen molar-refractivity contribution in [3.8, 4) is 5.75 Å². The van der Waals surface area contributed by atoms with Gasteiger partial charge in [-0.2, -0.15) is 0 Å². The first-order valence-electron chi connectivity index (χ1n) is 8.24. The Bertz CT molecular complexity index is 493. The van der Waals surface area contributed by atoms with Crippen LogP contribution in [0.25, 0.3) is 0 Å². The molecule has 0 aromatic heterocycles. The number of nitrogens with two attached hydrogens (primary N) is 1. The van der Waals surface area contributed by atoms with E-state index in [0.29, 0.717) is 0 Å². The number of aryl methyl sites for hydroxylation is 1. The van der Waals surface area contributed by atoms with E-state index in [0.717, 1.165) is 12.3 Å². The zero-order valence-electron chi connectivity index (χ0n) is 14.4. The Morgan fingerprint density at radius 3 is 2.24 bits per heavy atom. The van der Waals surface area contributed by atoms with Crippen molar-refractivity contribution >= 4 is 0 Å². The average Bonchev–Trinajstić information content (AvgIpc) is 2.46. The van der Waals surface area contributed by atoms with Crippen molar-refractivity contribution in [2.45, 2.75) is 70.6 Å². The molecule has 0 saturated heterocycles. The van der Waals surface area contributed by atoms with Crippen LogP contribution in [0.5, 0.6) is 5.75 Å². The van der Waals surface area contributed by atoms with Gasteiger partial charge in [0.1, 0.15) is 5.75 Å². The molecule has 0 aliphatic heterocycles. The summed E-state index contributed by atoms with van der Waals surface area (Å²) in [4.78, 5) is 0. The predicted molar refractivity (Wildman–Crippen MR) is 90.2 cm³/mol. The molecule has 0 radical (unpaired) electrons. The summed E-state index contributed by atoms with van der Waals surface area (Å²) < 4.78 is 5.91. The Morgan fingerprint density at radius 1 is 1.14 bits per heavy atom. The van der Waals surface area contributed by atoms with Crippen LogP contribution in [-0.2, 0) is 10.8 Å². The SMILES string of the molecule is COc1c(C(C)(C)C)ccc(C)c1C1(CN)CCCCC1. The van der Waals surface area contributed by atoms with Crippen LogP contribution in [0.3, 0.4) is 0 Å². The lowest BCUT2D eigenvalue weighted by molar-refractivity contribution is 0.284. The standard InChI is InChI=1S/C19H31NO/c1-14-9-10-15(18(2,3)4)17(21-5)16(14)19(13-20)11-7-6-8-12-19/h9-10H,6-8,11-13,20H2,1-5H3. The fourth-order valence-corrected chi connectivity index (χ4v) is 3.93. The van der Waals surface area contributed by atoms with E-state index in [1.54, 1.807) is 7.11 Å². The van der Waals surface area contributed by atoms with Crippen molar-refractivity contribution < 1.29 is 4.74 Å². The van der Waals surface area contributed by atoms with Gasteiger partial charge in [0.25, 0.3) is 0 Å². The summed E-state index contributed by atoms with van der Waals surface area (Å²) in [6.45, 7) is 9.67. The molecule has 1 aromatic carbocycles. The highest BCUT2D eigenvalue weighted by atomic mass is 16.5. The smallest absolute Gasteiger partial charge is 0.126 e. The van der Waals surface area contributed by atoms with E-state index in [-0.39, 0.29) is 10.8 Å². The zero-order valence-corrected chi connectivity index (χ0v) is 14.4. The summed E-state index contributed by atoms with van der Waals surface area (Å²) in [5.74, 6) is 1.08. The molecule has 0 heterocycles. The fraction of sp³-hybridized carbons (Fsp3) is 0.684. The number of benzene rings is 1. The molecule has 0 bridgehead atoms. The maximum atomic E-state index is 6.27. The fourth-order valence-electron chi connectivity index (χ4n) is 3.93. The van der Waals surface area contributed by atoms with Gasteiger partial charge in [0.05, 0.1) is 7.11 Å². The molecule has 1 aliphatic rings. The molecule has 0 spiro atoms. The Kier molecular flexibility index (Phi) is 4.67. The molecule has 118 valence electrons. The molecule has 0 atom stereocenters. The highest BCUT2D eigenvalue weighted by Crippen LogP contribution is 2.47. The molecular weight excluding hydrogens is 258 g/mol. The van der Waals surface area contributed by atoms with Gasteiger partial charge in [-0.05, 0) is 36.3 Å². The van der Waals surface area contributed by atoms with Crippen LogP contribution in [-0.4, -0.2) is 13.7 Å². The topological polar surface area (TPSA) is 35.2 Å². The van der Waals surface area contributed by atoms with Crippen molar-refractivity contribution in [1.29, 1.82) is 0 Å². The largest absolute Gasteiger partial charge is 0.496 e. The molecule has 2 N–H and O–H groups in total. The van der Waals surface area contributed by atoms with Gasteiger partial charge < -0.3 is 10.5 Å². The highest BCUT2D eigenvalue weighted by molar-refractivity contribution is 5.53. The lowest BCUT2D eigenvalue weighted by Gasteiger charge is -2.40. The zero-order chi connectivity index (χ0) is 15.7. The third-order valence-electron chi connectivity index (χ3n) is 5.11. The molecule has 2 heteroatoms. The van der Waals surface area contributed by atoms with E-state index in [2.05, 4.69) is 39.8 Å². The van der Waals surface area contributed by atoms with Gasteiger partial charge in [-0.25, -0.2) is 0 Å². The number of hydrogen-bond donors (Lipinski definition) is 1. The van der Waals surface area contributed by atoms with Crippen molar-refractivity contribution in [2.75, 3.05) is 13.7 Å². The maximum absolute atomic E-state index is 6.27. The van der Waals surface area contributed by atoms with E-state index in [1.807, 2.05) is 0 Å². The van der Waals surface area contributed by atoms with Crippen molar-refractivity contribution in [2.24, 2.45) is 5.73 Å². The average molecular weight is 289 g/mol. The number of hydrogen-bond acceptors (Lipinski definition) is 2. The van der Waals surface area contributed by atoms with Gasteiger partial charge >= 0.3 is 0 Å². The Labute approximate surface area is 130 Å². The van der Waals surface area contributed by atoms with Crippen molar-refractivity contribution in [3.05, 3.63) is 28.8 Å². The summed E-state index contributed by atoms with van der Waals surface area (Å²) >= 11 is 0. The molecule has 0 amide bonds. The summed E-state index contributed by atoms with van der Waals surface area (Å²) in [7, 11) is 1.81. The molecule has 0 unspecified atom stereocenters. The molecule has 1 fully saturated rings. The maximum Gasteiger partial charge on any atom is 0.126 e. The molecule has 1 aliphatic carbocycles. The Balaban J connectivity index is 2.66. The van der Waals surface area contributed by atoms with Crippen LogP contribution < -0.4 is 10.5 Å². The monoisotopic (exact) mass is 289 g/mol. The van der Waals surface area contributed by atoms with E-state index < -0.39 is 0 Å². The van der Waals surface area contributed by atoms with Crippen LogP contribution in [0.2, 0.25) is 0 Å². The molecule has 1 aromatic rings. The molecule has 21 heavy (non-hydrogen) atoms. The predicted octanol–water partition coefficient (Wildman–Crippen LogP) is 4.46. The van der Waals surface area contributed by atoms with E-state index in [1.165, 1.54) is 48.8 Å². The second-order valence-corrected chi connectivity index (χ2v) is 7.63. The lowest BCUT2D eigenvalue weighted by Crippen LogP contribution is -2.38. The first-order chi connectivity index (χ1) is 9.85.